The molecule has 6 rings (SSSR count). The van der Waals surface area contributed by atoms with Crippen molar-refractivity contribution in [2.45, 2.75) is 63.3 Å². The van der Waals surface area contributed by atoms with Gasteiger partial charge in [-0.15, -0.1) is 0 Å². The fraction of sp³-hybridized carbons (Fsp3) is 0.469. The minimum absolute atomic E-state index is 0.0117. The summed E-state index contributed by atoms with van der Waals surface area (Å²) in [6.07, 6.45) is 6.58. The van der Waals surface area contributed by atoms with Crippen LogP contribution in [0.5, 0.6) is 0 Å². The van der Waals surface area contributed by atoms with Gasteiger partial charge in [0.15, 0.2) is 0 Å². The molecule has 3 amide bonds. The molecule has 4 aliphatic rings. The highest BCUT2D eigenvalue weighted by molar-refractivity contribution is 6.31. The quantitative estimate of drug-likeness (QED) is 0.463. The van der Waals surface area contributed by atoms with Gasteiger partial charge in [-0.3, -0.25) is 14.4 Å². The summed E-state index contributed by atoms with van der Waals surface area (Å²) >= 11 is 5.92. The van der Waals surface area contributed by atoms with E-state index in [0.717, 1.165) is 24.8 Å². The molecule has 41 heavy (non-hydrogen) atoms. The van der Waals surface area contributed by atoms with Crippen molar-refractivity contribution in [3.8, 4) is 0 Å². The molecule has 3 fully saturated rings. The van der Waals surface area contributed by atoms with E-state index in [1.807, 2.05) is 36.4 Å². The maximum Gasteiger partial charge on any atom is 0.246 e. The van der Waals surface area contributed by atoms with Crippen molar-refractivity contribution in [3.63, 3.8) is 0 Å². The van der Waals surface area contributed by atoms with E-state index in [1.54, 1.807) is 11.0 Å². The van der Waals surface area contributed by atoms with Crippen LogP contribution in [0.2, 0.25) is 5.02 Å². The Hall–Kier alpha value is -3.23. The highest BCUT2D eigenvalue weighted by Gasteiger charge is 2.72. The van der Waals surface area contributed by atoms with Gasteiger partial charge in [-0.1, -0.05) is 80.8 Å². The first-order valence-corrected chi connectivity index (χ1v) is 14.9. The zero-order valence-corrected chi connectivity index (χ0v) is 23.9. The van der Waals surface area contributed by atoms with E-state index in [-0.39, 0.29) is 22.9 Å². The van der Waals surface area contributed by atoms with Crippen LogP contribution >= 0.6 is 11.6 Å². The second-order valence-corrected chi connectivity index (χ2v) is 12.4. The number of likely N-dealkylation sites (tertiary alicyclic amines) is 1. The smallest absolute Gasteiger partial charge is 0.246 e. The Morgan fingerprint density at radius 3 is 2.66 bits per heavy atom. The average molecular weight is 580 g/mol. The minimum atomic E-state index is -1.24. The van der Waals surface area contributed by atoms with E-state index < -0.39 is 41.3 Å². The van der Waals surface area contributed by atoms with Crippen LogP contribution in [0.25, 0.3) is 0 Å². The molecular weight excluding hydrogens is 545 g/mol. The van der Waals surface area contributed by atoms with Gasteiger partial charge >= 0.3 is 0 Å². The number of fused-ring (bicyclic) bond motifs is 1. The first kappa shape index (κ1) is 27.9. The molecule has 3 heterocycles. The molecule has 2 bridgehead atoms. The van der Waals surface area contributed by atoms with Crippen LogP contribution in [0, 0.1) is 29.5 Å². The van der Waals surface area contributed by atoms with E-state index in [1.165, 1.54) is 18.2 Å². The third-order valence-corrected chi connectivity index (χ3v) is 9.92. The van der Waals surface area contributed by atoms with Gasteiger partial charge in [0.1, 0.15) is 17.5 Å². The summed E-state index contributed by atoms with van der Waals surface area (Å²) in [6, 6.07) is 12.9. The average Bonchev–Trinajstić information content (AvgIpc) is 3.60. The van der Waals surface area contributed by atoms with Gasteiger partial charge < -0.3 is 20.3 Å². The van der Waals surface area contributed by atoms with Gasteiger partial charge in [0.25, 0.3) is 0 Å². The number of anilines is 1. The number of benzene rings is 2. The van der Waals surface area contributed by atoms with Gasteiger partial charge in [-0.05, 0) is 48.4 Å². The number of hydrogen-bond acceptors (Lipinski definition) is 4. The van der Waals surface area contributed by atoms with Crippen molar-refractivity contribution in [2.75, 3.05) is 11.9 Å². The second kappa shape index (κ2) is 10.9. The second-order valence-electron chi connectivity index (χ2n) is 12.0. The monoisotopic (exact) mass is 579 g/mol. The van der Waals surface area contributed by atoms with Crippen molar-refractivity contribution in [1.82, 2.24) is 10.2 Å². The lowest BCUT2D eigenvalue weighted by molar-refractivity contribution is -0.141. The summed E-state index contributed by atoms with van der Waals surface area (Å²) in [4.78, 5) is 43.5. The van der Waals surface area contributed by atoms with Crippen molar-refractivity contribution in [3.05, 3.63) is 77.1 Å². The molecule has 1 aliphatic carbocycles. The predicted molar refractivity (Wildman–Crippen MR) is 154 cm³/mol. The molecule has 2 saturated heterocycles. The Morgan fingerprint density at radius 1 is 1.12 bits per heavy atom. The lowest BCUT2D eigenvalue weighted by Gasteiger charge is -2.38. The van der Waals surface area contributed by atoms with Crippen LogP contribution in [-0.2, 0) is 25.5 Å². The lowest BCUT2D eigenvalue weighted by atomic mass is 9.73. The Morgan fingerprint density at radius 2 is 1.90 bits per heavy atom. The van der Waals surface area contributed by atoms with Gasteiger partial charge in [0.05, 0.1) is 23.0 Å². The molecule has 8 atom stereocenters. The minimum Gasteiger partial charge on any atom is -0.359 e. The fourth-order valence-electron chi connectivity index (χ4n) is 7.25. The molecule has 6 unspecified atom stereocenters. The fourth-order valence-corrected chi connectivity index (χ4v) is 7.43. The van der Waals surface area contributed by atoms with Gasteiger partial charge in [0, 0.05) is 18.3 Å². The molecule has 0 aromatic heterocycles. The van der Waals surface area contributed by atoms with Crippen molar-refractivity contribution >= 4 is 35.0 Å². The molecule has 2 N–H and O–H groups in total. The van der Waals surface area contributed by atoms with Gasteiger partial charge in [0.2, 0.25) is 17.7 Å². The van der Waals surface area contributed by atoms with Crippen LogP contribution in [0.1, 0.15) is 38.7 Å². The van der Waals surface area contributed by atoms with Crippen molar-refractivity contribution in [2.24, 2.45) is 23.7 Å². The molecule has 2 aromatic carbocycles. The van der Waals surface area contributed by atoms with Crippen molar-refractivity contribution < 1.29 is 23.5 Å². The topological polar surface area (TPSA) is 87.7 Å². The zero-order chi connectivity index (χ0) is 28.9. The van der Waals surface area contributed by atoms with E-state index in [4.69, 9.17) is 16.3 Å². The van der Waals surface area contributed by atoms with E-state index >= 15 is 0 Å². The summed E-state index contributed by atoms with van der Waals surface area (Å²) in [5, 5.41) is 5.95. The number of amides is 3. The first-order chi connectivity index (χ1) is 19.7. The molecule has 2 aromatic rings. The summed E-state index contributed by atoms with van der Waals surface area (Å²) < 4.78 is 20.1. The van der Waals surface area contributed by atoms with Gasteiger partial charge in [-0.2, -0.15) is 0 Å². The van der Waals surface area contributed by atoms with Crippen molar-refractivity contribution in [1.29, 1.82) is 0 Å². The lowest BCUT2D eigenvalue weighted by Crippen LogP contribution is -2.58. The summed E-state index contributed by atoms with van der Waals surface area (Å²) in [6.45, 7) is 4.70. The number of halogens is 2. The normalized spacial score (nSPS) is 33.6. The molecular formula is C32H35ClFN3O4. The summed E-state index contributed by atoms with van der Waals surface area (Å²) in [5.74, 6) is -2.43. The zero-order valence-electron chi connectivity index (χ0n) is 23.2. The molecule has 0 radical (unpaired) electrons. The Kier molecular flexibility index (Phi) is 7.41. The number of carbonyl (C=O) groups is 3. The Balaban J connectivity index is 1.30. The highest BCUT2D eigenvalue weighted by Crippen LogP contribution is 2.55. The van der Waals surface area contributed by atoms with E-state index in [9.17, 15) is 18.8 Å². The van der Waals surface area contributed by atoms with Crippen LogP contribution in [0.3, 0.4) is 0 Å². The molecule has 9 heteroatoms. The maximum absolute atomic E-state index is 14.2. The Labute approximate surface area is 244 Å². The standard InChI is InChI=1S/C32H35ClFN3O4/c1-18-7-6-10-24(19(18)2)36-30(39)28-32-15-13-25(41-32)26(29(38)35-21-11-12-23(34)22(33)17-21)27(32)31(40)37(28)16-14-20-8-4-3-5-9-20/h3-5,8-9,11-13,15,17-19,24-28H,6-7,10,14,16H2,1-2H3,(H,35,38)(H,36,39)/t18?,19?,24?,25-,26?,27-,28?,32?/m0/s1. The largest absolute Gasteiger partial charge is 0.359 e. The number of ether oxygens (including phenoxy) is 1. The highest BCUT2D eigenvalue weighted by atomic mass is 35.5. The third kappa shape index (κ3) is 4.85. The van der Waals surface area contributed by atoms with E-state index in [2.05, 4.69) is 24.5 Å². The third-order valence-electron chi connectivity index (χ3n) is 9.63. The number of rotatable bonds is 7. The van der Waals surface area contributed by atoms with Crippen LogP contribution in [-0.4, -0.2) is 53.0 Å². The molecule has 7 nitrogen and oxygen atoms in total. The first-order valence-electron chi connectivity index (χ1n) is 14.5. The van der Waals surface area contributed by atoms with Crippen LogP contribution < -0.4 is 10.6 Å². The Bertz CT molecular complexity index is 1390. The number of nitrogens with zero attached hydrogens (tertiary/aromatic N) is 1. The number of nitrogens with one attached hydrogen (secondary N) is 2. The van der Waals surface area contributed by atoms with Gasteiger partial charge in [-0.25, -0.2) is 4.39 Å². The molecule has 216 valence electrons. The molecule has 1 saturated carbocycles. The number of carbonyl (C=O) groups excluding carboxylic acids is 3. The SMILES string of the molecule is CC1CCCC(NC(=O)C2N(CCc3ccccc3)C(=O)[C@@H]3C(C(=O)Nc4ccc(F)c(Cl)c4)[C@@H]4C=CC23O4)C1C. The predicted octanol–water partition coefficient (Wildman–Crippen LogP) is 4.75. The van der Waals surface area contributed by atoms with Crippen LogP contribution in [0.4, 0.5) is 10.1 Å². The van der Waals surface area contributed by atoms with Crippen LogP contribution in [0.15, 0.2) is 60.7 Å². The maximum atomic E-state index is 14.2. The molecule has 1 spiro atoms. The number of hydrogen-bond donors (Lipinski definition) is 2. The van der Waals surface area contributed by atoms with E-state index in [0.29, 0.717) is 30.5 Å². The summed E-state index contributed by atoms with van der Waals surface area (Å²) in [7, 11) is 0. The summed E-state index contributed by atoms with van der Waals surface area (Å²) in [5.41, 5.74) is 0.129. The molecule has 3 aliphatic heterocycles.